The van der Waals surface area contributed by atoms with Gasteiger partial charge in [0.2, 0.25) is 0 Å². The summed E-state index contributed by atoms with van der Waals surface area (Å²) in [7, 11) is 0. The zero-order chi connectivity index (χ0) is 14.5. The Labute approximate surface area is 127 Å². The number of aromatic nitrogens is 2. The summed E-state index contributed by atoms with van der Waals surface area (Å²) in [6.45, 7) is 5.51. The van der Waals surface area contributed by atoms with Crippen molar-refractivity contribution in [3.8, 4) is 0 Å². The van der Waals surface area contributed by atoms with Gasteiger partial charge in [-0.1, -0.05) is 36.4 Å². The third-order valence-electron chi connectivity index (χ3n) is 2.65. The summed E-state index contributed by atoms with van der Waals surface area (Å²) in [6, 6.07) is 7.22. The minimum Gasteiger partial charge on any atom is -0.313 e. The van der Waals surface area contributed by atoms with Gasteiger partial charge in [-0.25, -0.2) is 4.98 Å². The summed E-state index contributed by atoms with van der Waals surface area (Å²) in [5.74, 6) is 0. The van der Waals surface area contributed by atoms with Crippen LogP contribution >= 0.6 is 23.4 Å². The van der Waals surface area contributed by atoms with Crippen molar-refractivity contribution in [3.63, 3.8) is 0 Å². The monoisotopic (exact) mass is 309 g/mol. The summed E-state index contributed by atoms with van der Waals surface area (Å²) in [5.41, 5.74) is 1.69. The molecule has 0 saturated carbocycles. The Morgan fingerprint density at radius 1 is 1.40 bits per heavy atom. The lowest BCUT2D eigenvalue weighted by molar-refractivity contribution is 0.717. The molecule has 4 nitrogen and oxygen atoms in total. The van der Waals surface area contributed by atoms with Gasteiger partial charge in [-0.15, -0.1) is 0 Å². The smallest absolute Gasteiger partial charge is 0.251 e. The number of hydrogen-bond donors (Lipinski definition) is 2. The Morgan fingerprint density at radius 2 is 2.20 bits per heavy atom. The van der Waals surface area contributed by atoms with Gasteiger partial charge in [-0.3, -0.25) is 4.79 Å². The van der Waals surface area contributed by atoms with E-state index in [0.717, 1.165) is 23.5 Å². The van der Waals surface area contributed by atoms with Crippen LogP contribution in [0.15, 0.2) is 39.1 Å². The Morgan fingerprint density at radius 3 is 2.90 bits per heavy atom. The van der Waals surface area contributed by atoms with Crippen molar-refractivity contribution in [2.45, 2.75) is 30.4 Å². The van der Waals surface area contributed by atoms with Crippen molar-refractivity contribution < 1.29 is 0 Å². The molecule has 2 N–H and O–H groups in total. The number of hydrogen-bond acceptors (Lipinski definition) is 4. The van der Waals surface area contributed by atoms with Gasteiger partial charge in [0, 0.05) is 28.2 Å². The van der Waals surface area contributed by atoms with Crippen LogP contribution in [0.25, 0.3) is 0 Å². The maximum absolute atomic E-state index is 11.5. The van der Waals surface area contributed by atoms with Gasteiger partial charge in [0.1, 0.15) is 0 Å². The SMILES string of the molecule is CCNCc1ccc(Cl)cc1Sc1nc(C)cc(=O)[nH]1. The van der Waals surface area contributed by atoms with Gasteiger partial charge in [0.25, 0.3) is 5.56 Å². The quantitative estimate of drug-likeness (QED) is 0.834. The maximum atomic E-state index is 11.5. The summed E-state index contributed by atoms with van der Waals surface area (Å²) in [4.78, 5) is 19.5. The molecule has 20 heavy (non-hydrogen) atoms. The van der Waals surface area contributed by atoms with Gasteiger partial charge in [-0.2, -0.15) is 0 Å². The number of nitrogens with one attached hydrogen (secondary N) is 2. The Balaban J connectivity index is 2.31. The molecule has 0 spiro atoms. The van der Waals surface area contributed by atoms with Crippen molar-refractivity contribution in [2.75, 3.05) is 6.54 Å². The number of benzene rings is 1. The minimum atomic E-state index is -0.143. The normalized spacial score (nSPS) is 10.8. The number of aryl methyl sites for hydroxylation is 1. The molecule has 2 aromatic rings. The first-order valence-electron chi connectivity index (χ1n) is 6.33. The molecule has 0 aliphatic rings. The molecule has 106 valence electrons. The summed E-state index contributed by atoms with van der Waals surface area (Å²) in [6.07, 6.45) is 0. The predicted molar refractivity (Wildman–Crippen MR) is 82.6 cm³/mol. The van der Waals surface area contributed by atoms with Gasteiger partial charge in [0.15, 0.2) is 5.16 Å². The largest absolute Gasteiger partial charge is 0.313 e. The Kier molecular flexibility index (Phi) is 5.23. The molecule has 0 bridgehead atoms. The van der Waals surface area contributed by atoms with E-state index >= 15 is 0 Å². The van der Waals surface area contributed by atoms with Crippen molar-refractivity contribution in [1.29, 1.82) is 0 Å². The third kappa shape index (κ3) is 4.10. The van der Waals surface area contributed by atoms with Crippen LogP contribution in [0, 0.1) is 6.92 Å². The molecule has 0 unspecified atom stereocenters. The fourth-order valence-corrected chi connectivity index (χ4v) is 2.98. The summed E-state index contributed by atoms with van der Waals surface area (Å²) < 4.78 is 0. The minimum absolute atomic E-state index is 0.143. The average Bonchev–Trinajstić information content (AvgIpc) is 2.36. The lowest BCUT2D eigenvalue weighted by Crippen LogP contribution is -2.12. The Bertz CT molecular complexity index is 657. The van der Waals surface area contributed by atoms with Gasteiger partial charge < -0.3 is 10.3 Å². The summed E-state index contributed by atoms with van der Waals surface area (Å²) in [5, 5.41) is 4.53. The van der Waals surface area contributed by atoms with E-state index in [-0.39, 0.29) is 5.56 Å². The predicted octanol–water partition coefficient (Wildman–Crippen LogP) is 2.99. The standard InChI is InChI=1S/C14H16ClN3OS/c1-3-16-8-10-4-5-11(15)7-12(10)20-14-17-9(2)6-13(19)18-14/h4-7,16H,3,8H2,1-2H3,(H,17,18,19). The molecule has 0 amide bonds. The number of halogens is 1. The van der Waals surface area contributed by atoms with Crippen molar-refractivity contribution in [1.82, 2.24) is 15.3 Å². The molecule has 6 heteroatoms. The van der Waals surface area contributed by atoms with Crippen molar-refractivity contribution in [3.05, 3.63) is 50.9 Å². The van der Waals surface area contributed by atoms with Gasteiger partial charge >= 0.3 is 0 Å². The van der Waals surface area contributed by atoms with Crippen LogP contribution in [-0.2, 0) is 6.54 Å². The zero-order valence-corrected chi connectivity index (χ0v) is 12.9. The molecule has 0 saturated heterocycles. The van der Waals surface area contributed by atoms with E-state index in [4.69, 9.17) is 11.6 Å². The van der Waals surface area contributed by atoms with Crippen LogP contribution in [0.5, 0.6) is 0 Å². The van der Waals surface area contributed by atoms with Gasteiger partial charge in [0.05, 0.1) is 0 Å². The fourth-order valence-electron chi connectivity index (χ4n) is 1.73. The second kappa shape index (κ2) is 6.92. The van der Waals surface area contributed by atoms with Gasteiger partial charge in [-0.05, 0) is 31.2 Å². The molecule has 0 fully saturated rings. The molecule has 1 aromatic carbocycles. The highest BCUT2D eigenvalue weighted by Crippen LogP contribution is 2.30. The number of H-pyrrole nitrogens is 1. The Hall–Kier alpha value is -1.30. The van der Waals surface area contributed by atoms with E-state index in [9.17, 15) is 4.79 Å². The molecule has 0 aliphatic heterocycles. The molecule has 1 heterocycles. The van der Waals surface area contributed by atoms with E-state index in [0.29, 0.717) is 15.9 Å². The zero-order valence-electron chi connectivity index (χ0n) is 11.4. The first-order valence-corrected chi connectivity index (χ1v) is 7.53. The van der Waals surface area contributed by atoms with Crippen molar-refractivity contribution in [2.24, 2.45) is 0 Å². The van der Waals surface area contributed by atoms with E-state index in [1.165, 1.54) is 17.8 Å². The third-order valence-corrected chi connectivity index (χ3v) is 3.87. The molecule has 2 rings (SSSR count). The lowest BCUT2D eigenvalue weighted by Gasteiger charge is -2.10. The molecular formula is C14H16ClN3OS. The molecule has 1 aromatic heterocycles. The second-order valence-electron chi connectivity index (χ2n) is 4.33. The number of nitrogens with zero attached hydrogens (tertiary/aromatic N) is 1. The second-order valence-corrected chi connectivity index (χ2v) is 5.79. The van der Waals surface area contributed by atoms with E-state index in [1.54, 1.807) is 6.92 Å². The fraction of sp³-hybridized carbons (Fsp3) is 0.286. The molecule has 0 radical (unpaired) electrons. The van der Waals surface area contributed by atoms with Crippen LogP contribution in [0.3, 0.4) is 0 Å². The van der Waals surface area contributed by atoms with Crippen molar-refractivity contribution >= 4 is 23.4 Å². The highest BCUT2D eigenvalue weighted by atomic mass is 35.5. The van der Waals surface area contributed by atoms with E-state index in [1.807, 2.05) is 18.2 Å². The molecule has 0 aliphatic carbocycles. The average molecular weight is 310 g/mol. The number of rotatable bonds is 5. The van der Waals surface area contributed by atoms with E-state index in [2.05, 4.69) is 22.2 Å². The topological polar surface area (TPSA) is 57.8 Å². The maximum Gasteiger partial charge on any atom is 0.251 e. The number of aromatic amines is 1. The first-order chi connectivity index (χ1) is 9.58. The molecular weight excluding hydrogens is 294 g/mol. The highest BCUT2D eigenvalue weighted by Gasteiger charge is 2.08. The van der Waals surface area contributed by atoms with Crippen LogP contribution in [0.1, 0.15) is 18.2 Å². The van der Waals surface area contributed by atoms with Crippen LogP contribution < -0.4 is 10.9 Å². The molecule has 0 atom stereocenters. The van der Waals surface area contributed by atoms with Crippen LogP contribution in [0.2, 0.25) is 5.02 Å². The van der Waals surface area contributed by atoms with Crippen LogP contribution in [-0.4, -0.2) is 16.5 Å². The highest BCUT2D eigenvalue weighted by molar-refractivity contribution is 7.99. The van der Waals surface area contributed by atoms with Crippen LogP contribution in [0.4, 0.5) is 0 Å². The first kappa shape index (κ1) is 15.1. The summed E-state index contributed by atoms with van der Waals surface area (Å²) >= 11 is 7.47. The van der Waals surface area contributed by atoms with E-state index < -0.39 is 0 Å². The lowest BCUT2D eigenvalue weighted by atomic mass is 10.2.